The van der Waals surface area contributed by atoms with Crippen LogP contribution in [0.2, 0.25) is 0 Å². The summed E-state index contributed by atoms with van der Waals surface area (Å²) < 4.78 is 13.9. The van der Waals surface area contributed by atoms with E-state index in [1.165, 1.54) is 6.07 Å². The molecule has 1 fully saturated rings. The van der Waals surface area contributed by atoms with Crippen LogP contribution in [-0.4, -0.2) is 43.5 Å². The van der Waals surface area contributed by atoms with Crippen LogP contribution in [0.5, 0.6) is 0 Å². The molecule has 2 aromatic rings. The number of nitrogens with one attached hydrogen (secondary N) is 1. The third-order valence-electron chi connectivity index (χ3n) is 4.61. The fourth-order valence-corrected chi connectivity index (χ4v) is 3.17. The van der Waals surface area contributed by atoms with Crippen molar-refractivity contribution in [3.05, 3.63) is 66.0 Å². The monoisotopic (exact) mass is 341 g/mol. The molecule has 3 rings (SSSR count). The van der Waals surface area contributed by atoms with Gasteiger partial charge in [-0.3, -0.25) is 9.69 Å². The van der Waals surface area contributed by atoms with Gasteiger partial charge in [0, 0.05) is 26.2 Å². The smallest absolute Gasteiger partial charge is 0.234 e. The van der Waals surface area contributed by atoms with Crippen molar-refractivity contribution in [3.8, 4) is 0 Å². The second-order valence-electron chi connectivity index (χ2n) is 6.41. The molecular weight excluding hydrogens is 317 g/mol. The molecule has 1 aliphatic heterocycles. The first-order valence-electron chi connectivity index (χ1n) is 8.69. The molecule has 0 spiro atoms. The first-order chi connectivity index (χ1) is 12.1. The number of nitrogens with zero attached hydrogens (tertiary/aromatic N) is 2. The van der Waals surface area contributed by atoms with E-state index in [-0.39, 0.29) is 17.8 Å². The number of hydrogen-bond acceptors (Lipinski definition) is 3. The van der Waals surface area contributed by atoms with Gasteiger partial charge in [-0.25, -0.2) is 4.39 Å². The van der Waals surface area contributed by atoms with Crippen molar-refractivity contribution in [2.45, 2.75) is 13.0 Å². The van der Waals surface area contributed by atoms with Gasteiger partial charge in [-0.15, -0.1) is 0 Å². The van der Waals surface area contributed by atoms with Gasteiger partial charge in [0.05, 0.1) is 18.3 Å². The standard InChI is InChI=1S/C20H24FN3O/c1-16(17-7-3-2-4-8-17)22-20(25)15-23-11-13-24(14-12-23)19-10-6-5-9-18(19)21/h2-10,16H,11-15H2,1H3,(H,22,25)/t16-/m0/s1. The third kappa shape index (κ3) is 4.57. The van der Waals surface area contributed by atoms with Crippen molar-refractivity contribution in [3.63, 3.8) is 0 Å². The lowest BCUT2D eigenvalue weighted by Gasteiger charge is -2.36. The molecule has 0 aliphatic carbocycles. The minimum atomic E-state index is -0.189. The van der Waals surface area contributed by atoms with Crippen molar-refractivity contribution >= 4 is 11.6 Å². The number of para-hydroxylation sites is 1. The molecule has 132 valence electrons. The minimum Gasteiger partial charge on any atom is -0.367 e. The summed E-state index contributed by atoms with van der Waals surface area (Å²) in [6.45, 7) is 5.32. The molecule has 4 nitrogen and oxygen atoms in total. The zero-order valence-corrected chi connectivity index (χ0v) is 14.5. The quantitative estimate of drug-likeness (QED) is 0.908. The number of carbonyl (C=O) groups excluding carboxylic acids is 1. The lowest BCUT2D eigenvalue weighted by Crippen LogP contribution is -2.49. The largest absolute Gasteiger partial charge is 0.367 e. The van der Waals surface area contributed by atoms with Crippen LogP contribution >= 0.6 is 0 Å². The van der Waals surface area contributed by atoms with E-state index in [1.54, 1.807) is 12.1 Å². The van der Waals surface area contributed by atoms with Crippen molar-refractivity contribution < 1.29 is 9.18 Å². The molecule has 0 unspecified atom stereocenters. The summed E-state index contributed by atoms with van der Waals surface area (Å²) in [5.74, 6) is -0.166. The van der Waals surface area contributed by atoms with Gasteiger partial charge in [0.2, 0.25) is 5.91 Å². The first kappa shape index (κ1) is 17.4. The number of halogens is 1. The Hall–Kier alpha value is -2.40. The molecule has 0 radical (unpaired) electrons. The van der Waals surface area contributed by atoms with E-state index in [0.717, 1.165) is 31.7 Å². The lowest BCUT2D eigenvalue weighted by atomic mass is 10.1. The van der Waals surface area contributed by atoms with Gasteiger partial charge in [-0.2, -0.15) is 0 Å². The zero-order valence-electron chi connectivity index (χ0n) is 14.5. The van der Waals surface area contributed by atoms with E-state index in [2.05, 4.69) is 10.2 Å². The molecule has 0 saturated carbocycles. The summed E-state index contributed by atoms with van der Waals surface area (Å²) in [5, 5.41) is 3.04. The predicted octanol–water partition coefficient (Wildman–Crippen LogP) is 2.83. The van der Waals surface area contributed by atoms with Gasteiger partial charge in [0.25, 0.3) is 0 Å². The maximum absolute atomic E-state index is 13.9. The van der Waals surface area contributed by atoms with Gasteiger partial charge >= 0.3 is 0 Å². The summed E-state index contributed by atoms with van der Waals surface area (Å²) >= 11 is 0. The second-order valence-corrected chi connectivity index (χ2v) is 6.41. The third-order valence-corrected chi connectivity index (χ3v) is 4.61. The molecule has 1 atom stereocenters. The predicted molar refractivity (Wildman–Crippen MR) is 98.1 cm³/mol. The van der Waals surface area contributed by atoms with Crippen LogP contribution in [0.3, 0.4) is 0 Å². The lowest BCUT2D eigenvalue weighted by molar-refractivity contribution is -0.123. The summed E-state index contributed by atoms with van der Waals surface area (Å²) in [6.07, 6.45) is 0. The van der Waals surface area contributed by atoms with Gasteiger partial charge in [-0.05, 0) is 24.6 Å². The van der Waals surface area contributed by atoms with Crippen LogP contribution in [0, 0.1) is 5.82 Å². The van der Waals surface area contributed by atoms with Gasteiger partial charge < -0.3 is 10.2 Å². The Morgan fingerprint density at radius 2 is 1.68 bits per heavy atom. The molecule has 0 aromatic heterocycles. The highest BCUT2D eigenvalue weighted by Gasteiger charge is 2.21. The maximum atomic E-state index is 13.9. The molecule has 2 aromatic carbocycles. The molecule has 0 bridgehead atoms. The van der Waals surface area contributed by atoms with E-state index in [9.17, 15) is 9.18 Å². The Balaban J connectivity index is 1.47. The number of benzene rings is 2. The fraction of sp³-hybridized carbons (Fsp3) is 0.350. The first-order valence-corrected chi connectivity index (χ1v) is 8.69. The average molecular weight is 341 g/mol. The summed E-state index contributed by atoms with van der Waals surface area (Å²) in [7, 11) is 0. The van der Waals surface area contributed by atoms with E-state index < -0.39 is 0 Å². The topological polar surface area (TPSA) is 35.6 Å². The highest BCUT2D eigenvalue weighted by molar-refractivity contribution is 5.78. The van der Waals surface area contributed by atoms with E-state index >= 15 is 0 Å². The van der Waals surface area contributed by atoms with Crippen LogP contribution in [0.25, 0.3) is 0 Å². The fourth-order valence-electron chi connectivity index (χ4n) is 3.17. The average Bonchev–Trinajstić information content (AvgIpc) is 2.63. The molecule has 5 heteroatoms. The van der Waals surface area contributed by atoms with Gasteiger partial charge in [-0.1, -0.05) is 42.5 Å². The molecule has 1 saturated heterocycles. The maximum Gasteiger partial charge on any atom is 0.234 e. The normalized spacial score (nSPS) is 16.5. The number of carbonyl (C=O) groups is 1. The molecule has 1 aliphatic rings. The Morgan fingerprint density at radius 3 is 2.36 bits per heavy atom. The van der Waals surface area contributed by atoms with Crippen LogP contribution in [0.15, 0.2) is 54.6 Å². The summed E-state index contributed by atoms with van der Waals surface area (Å²) in [6, 6.07) is 16.8. The Bertz CT molecular complexity index is 699. The number of rotatable bonds is 5. The molecule has 1 heterocycles. The zero-order chi connectivity index (χ0) is 17.6. The van der Waals surface area contributed by atoms with Crippen molar-refractivity contribution in [1.82, 2.24) is 10.2 Å². The number of amides is 1. The Kier molecular flexibility index (Phi) is 5.66. The van der Waals surface area contributed by atoms with Crippen molar-refractivity contribution in [1.29, 1.82) is 0 Å². The highest BCUT2D eigenvalue weighted by Crippen LogP contribution is 2.20. The second kappa shape index (κ2) is 8.12. The van der Waals surface area contributed by atoms with E-state index in [0.29, 0.717) is 12.2 Å². The number of anilines is 1. The van der Waals surface area contributed by atoms with Gasteiger partial charge in [0.1, 0.15) is 5.82 Å². The molecule has 1 N–H and O–H groups in total. The number of hydrogen-bond donors (Lipinski definition) is 1. The minimum absolute atomic E-state index is 0.00611. The summed E-state index contributed by atoms with van der Waals surface area (Å²) in [4.78, 5) is 16.4. The van der Waals surface area contributed by atoms with Crippen molar-refractivity contribution in [2.24, 2.45) is 0 Å². The van der Waals surface area contributed by atoms with Gasteiger partial charge in [0.15, 0.2) is 0 Å². The highest BCUT2D eigenvalue weighted by atomic mass is 19.1. The Labute approximate surface area is 148 Å². The number of piperazine rings is 1. The van der Waals surface area contributed by atoms with Crippen molar-refractivity contribution in [2.75, 3.05) is 37.6 Å². The van der Waals surface area contributed by atoms with Crippen LogP contribution in [-0.2, 0) is 4.79 Å². The van der Waals surface area contributed by atoms with E-state index in [1.807, 2.05) is 48.2 Å². The molecule has 25 heavy (non-hydrogen) atoms. The van der Waals surface area contributed by atoms with Crippen LogP contribution in [0.4, 0.5) is 10.1 Å². The Morgan fingerprint density at radius 1 is 1.04 bits per heavy atom. The van der Waals surface area contributed by atoms with E-state index in [4.69, 9.17) is 0 Å². The SMILES string of the molecule is C[C@H](NC(=O)CN1CCN(c2ccccc2F)CC1)c1ccccc1. The molecule has 1 amide bonds. The van der Waals surface area contributed by atoms with Crippen LogP contribution in [0.1, 0.15) is 18.5 Å². The summed E-state index contributed by atoms with van der Waals surface area (Å²) in [5.41, 5.74) is 1.74. The molecular formula is C20H24FN3O. The van der Waals surface area contributed by atoms with Crippen LogP contribution < -0.4 is 10.2 Å².